The van der Waals surface area contributed by atoms with Gasteiger partial charge in [0.05, 0.1) is 13.2 Å². The van der Waals surface area contributed by atoms with Crippen LogP contribution in [-0.4, -0.2) is 28.2 Å². The third-order valence-corrected chi connectivity index (χ3v) is 3.91. The Balaban J connectivity index is 2.06. The quantitative estimate of drug-likeness (QED) is 0.864. The van der Waals surface area contributed by atoms with Gasteiger partial charge in [0.15, 0.2) is 0 Å². The largest absolute Gasteiger partial charge is 0.392 e. The number of aliphatic hydroxyl groups is 1. The number of carbonyl (C=O) groups excluding carboxylic acids is 1. The van der Waals surface area contributed by atoms with Crippen LogP contribution in [0, 0.1) is 6.92 Å². The molecule has 0 aliphatic carbocycles. The molecule has 2 aromatic rings. The number of carbonyl (C=O) groups is 1. The molecular formula is C15H15ClN4O2. The van der Waals surface area contributed by atoms with Crippen LogP contribution in [0.4, 0.5) is 16.3 Å². The fourth-order valence-corrected chi connectivity index (χ4v) is 2.65. The number of nitrogens with zero attached hydrogens (tertiary/aromatic N) is 4. The number of urea groups is 1. The number of aliphatic hydroxyl groups excluding tert-OH is 1. The molecule has 0 saturated heterocycles. The van der Waals surface area contributed by atoms with E-state index in [9.17, 15) is 9.90 Å². The van der Waals surface area contributed by atoms with E-state index in [-0.39, 0.29) is 17.9 Å². The molecule has 2 amide bonds. The second kappa shape index (κ2) is 5.55. The Morgan fingerprint density at radius 1 is 1.41 bits per heavy atom. The van der Waals surface area contributed by atoms with Gasteiger partial charge in [-0.1, -0.05) is 12.1 Å². The van der Waals surface area contributed by atoms with Crippen LogP contribution < -0.4 is 9.80 Å². The van der Waals surface area contributed by atoms with Crippen LogP contribution in [0.1, 0.15) is 16.7 Å². The van der Waals surface area contributed by atoms with Gasteiger partial charge in [0, 0.05) is 24.5 Å². The second-order valence-electron chi connectivity index (χ2n) is 5.19. The molecule has 0 radical (unpaired) electrons. The zero-order valence-corrected chi connectivity index (χ0v) is 13.0. The van der Waals surface area contributed by atoms with Crippen molar-refractivity contribution in [2.24, 2.45) is 0 Å². The van der Waals surface area contributed by atoms with Gasteiger partial charge in [-0.2, -0.15) is 4.98 Å². The number of hydrogen-bond donors (Lipinski definition) is 1. The zero-order valence-electron chi connectivity index (χ0n) is 12.2. The maximum Gasteiger partial charge on any atom is 0.330 e. The SMILES string of the molecule is Cc1ccc(CO)cc1N1Cc2cnc(Cl)nc2N(C)C1=O. The number of aryl methyl sites for hydroxylation is 1. The van der Waals surface area contributed by atoms with Gasteiger partial charge in [-0.3, -0.25) is 9.80 Å². The number of fused-ring (bicyclic) bond motifs is 1. The summed E-state index contributed by atoms with van der Waals surface area (Å²) in [6.45, 7) is 2.23. The molecule has 1 aliphatic heterocycles. The number of aromatic nitrogens is 2. The van der Waals surface area contributed by atoms with Gasteiger partial charge in [-0.25, -0.2) is 9.78 Å². The molecule has 0 saturated carbocycles. The normalized spacial score (nSPS) is 14.3. The van der Waals surface area contributed by atoms with Crippen LogP contribution in [0.5, 0.6) is 0 Å². The predicted octanol–water partition coefficient (Wildman–Crippen LogP) is 2.51. The van der Waals surface area contributed by atoms with Crippen molar-refractivity contribution in [3.05, 3.63) is 46.4 Å². The van der Waals surface area contributed by atoms with Crippen molar-refractivity contribution >= 4 is 29.1 Å². The first-order valence-corrected chi connectivity index (χ1v) is 7.16. The Morgan fingerprint density at radius 3 is 2.91 bits per heavy atom. The summed E-state index contributed by atoms with van der Waals surface area (Å²) >= 11 is 5.81. The number of hydrogen-bond acceptors (Lipinski definition) is 4. The van der Waals surface area contributed by atoms with Crippen molar-refractivity contribution in [2.75, 3.05) is 16.8 Å². The van der Waals surface area contributed by atoms with Crippen molar-refractivity contribution in [1.29, 1.82) is 0 Å². The summed E-state index contributed by atoms with van der Waals surface area (Å²) in [6.07, 6.45) is 1.63. The lowest BCUT2D eigenvalue weighted by Gasteiger charge is -2.34. The first kappa shape index (κ1) is 14.7. The maximum absolute atomic E-state index is 12.6. The maximum atomic E-state index is 12.6. The van der Waals surface area contributed by atoms with Crippen LogP contribution >= 0.6 is 11.6 Å². The summed E-state index contributed by atoms with van der Waals surface area (Å²) in [4.78, 5) is 23.8. The molecule has 0 unspecified atom stereocenters. The summed E-state index contributed by atoms with van der Waals surface area (Å²) in [5.41, 5.74) is 3.30. The lowest BCUT2D eigenvalue weighted by atomic mass is 10.1. The van der Waals surface area contributed by atoms with E-state index in [1.165, 1.54) is 4.90 Å². The minimum atomic E-state index is -0.194. The molecule has 3 rings (SSSR count). The van der Waals surface area contributed by atoms with Gasteiger partial charge in [-0.05, 0) is 35.7 Å². The minimum absolute atomic E-state index is 0.0690. The van der Waals surface area contributed by atoms with E-state index in [4.69, 9.17) is 11.6 Å². The summed E-state index contributed by atoms with van der Waals surface area (Å²) in [5, 5.41) is 9.43. The summed E-state index contributed by atoms with van der Waals surface area (Å²) < 4.78 is 0. The number of rotatable bonds is 2. The Hall–Kier alpha value is -2.18. The van der Waals surface area contributed by atoms with Crippen molar-refractivity contribution in [3.63, 3.8) is 0 Å². The van der Waals surface area contributed by atoms with E-state index in [1.54, 1.807) is 18.1 Å². The van der Waals surface area contributed by atoms with Crippen molar-refractivity contribution in [3.8, 4) is 0 Å². The third-order valence-electron chi connectivity index (χ3n) is 3.72. The molecule has 6 nitrogen and oxygen atoms in total. The van der Waals surface area contributed by atoms with Crippen molar-refractivity contribution in [1.82, 2.24) is 9.97 Å². The minimum Gasteiger partial charge on any atom is -0.392 e. The highest BCUT2D eigenvalue weighted by molar-refractivity contribution is 6.28. The van der Waals surface area contributed by atoms with E-state index in [2.05, 4.69) is 9.97 Å². The molecule has 1 aliphatic rings. The van der Waals surface area contributed by atoms with Gasteiger partial charge >= 0.3 is 6.03 Å². The third kappa shape index (κ3) is 2.40. The zero-order chi connectivity index (χ0) is 15.9. The molecule has 1 aromatic heterocycles. The molecule has 1 N–H and O–H groups in total. The lowest BCUT2D eigenvalue weighted by molar-refractivity contribution is 0.251. The summed E-state index contributed by atoms with van der Waals surface area (Å²) in [7, 11) is 1.65. The highest BCUT2D eigenvalue weighted by Gasteiger charge is 2.31. The Kier molecular flexibility index (Phi) is 3.72. The molecule has 7 heteroatoms. The highest BCUT2D eigenvalue weighted by Crippen LogP contribution is 2.31. The average Bonchev–Trinajstić information content (AvgIpc) is 2.52. The highest BCUT2D eigenvalue weighted by atomic mass is 35.5. The fraction of sp³-hybridized carbons (Fsp3) is 0.267. The second-order valence-corrected chi connectivity index (χ2v) is 5.53. The topological polar surface area (TPSA) is 69.6 Å². The van der Waals surface area contributed by atoms with Crippen LogP contribution in [-0.2, 0) is 13.2 Å². The van der Waals surface area contributed by atoms with Crippen molar-refractivity contribution in [2.45, 2.75) is 20.1 Å². The van der Waals surface area contributed by atoms with E-state index < -0.39 is 0 Å². The predicted molar refractivity (Wildman–Crippen MR) is 84.1 cm³/mol. The molecule has 0 spiro atoms. The number of anilines is 2. The molecule has 0 atom stereocenters. The van der Waals surface area contributed by atoms with Crippen LogP contribution in [0.3, 0.4) is 0 Å². The first-order chi connectivity index (χ1) is 10.5. The fourth-order valence-electron chi connectivity index (χ4n) is 2.52. The Bertz CT molecular complexity index is 750. The smallest absolute Gasteiger partial charge is 0.330 e. The molecule has 0 bridgehead atoms. The van der Waals surface area contributed by atoms with E-state index in [0.29, 0.717) is 12.4 Å². The summed E-state index contributed by atoms with van der Waals surface area (Å²) in [6, 6.07) is 5.36. The van der Waals surface area contributed by atoms with Crippen LogP contribution in [0.25, 0.3) is 0 Å². The van der Waals surface area contributed by atoms with Gasteiger partial charge in [0.1, 0.15) is 5.82 Å². The van der Waals surface area contributed by atoms with Crippen molar-refractivity contribution < 1.29 is 9.90 Å². The van der Waals surface area contributed by atoms with Crippen LogP contribution in [0.2, 0.25) is 5.28 Å². The molecule has 114 valence electrons. The van der Waals surface area contributed by atoms with Crippen LogP contribution in [0.15, 0.2) is 24.4 Å². The number of halogens is 1. The molecule has 2 heterocycles. The standard InChI is InChI=1S/C15H15ClN4O2/c1-9-3-4-10(8-21)5-12(9)20-7-11-6-17-14(16)18-13(11)19(2)15(20)22/h3-6,21H,7-8H2,1-2H3. The van der Waals surface area contributed by atoms with Gasteiger partial charge in [0.25, 0.3) is 0 Å². The molecule has 1 aromatic carbocycles. The van der Waals surface area contributed by atoms with E-state index >= 15 is 0 Å². The first-order valence-electron chi connectivity index (χ1n) is 6.78. The van der Waals surface area contributed by atoms with Gasteiger partial charge in [-0.15, -0.1) is 0 Å². The van der Waals surface area contributed by atoms with Gasteiger partial charge in [0.2, 0.25) is 5.28 Å². The number of amides is 2. The molecule has 0 fully saturated rings. The van der Waals surface area contributed by atoms with E-state index in [0.717, 1.165) is 22.4 Å². The monoisotopic (exact) mass is 318 g/mol. The Morgan fingerprint density at radius 2 is 2.18 bits per heavy atom. The van der Waals surface area contributed by atoms with Gasteiger partial charge < -0.3 is 5.11 Å². The Labute approximate surface area is 133 Å². The molecule has 22 heavy (non-hydrogen) atoms. The molecular weight excluding hydrogens is 304 g/mol. The lowest BCUT2D eigenvalue weighted by Crippen LogP contribution is -2.46. The average molecular weight is 319 g/mol. The number of benzene rings is 1. The summed E-state index contributed by atoms with van der Waals surface area (Å²) in [5.74, 6) is 0.525. The van der Waals surface area contributed by atoms with E-state index in [1.807, 2.05) is 25.1 Å².